The average molecular weight is 1070 g/mol. The van der Waals surface area contributed by atoms with Gasteiger partial charge in [-0.05, 0) is 77.8 Å². The maximum Gasteiger partial charge on any atom is 0.220 e. The van der Waals surface area contributed by atoms with Crippen LogP contribution in [0.25, 0.3) is 0 Å². The van der Waals surface area contributed by atoms with Crippen molar-refractivity contribution in [1.29, 1.82) is 0 Å². The molecule has 0 unspecified atom stereocenters. The van der Waals surface area contributed by atoms with Gasteiger partial charge >= 0.3 is 0 Å². The van der Waals surface area contributed by atoms with E-state index in [2.05, 4.69) is 72.2 Å². The molecule has 0 radical (unpaired) electrons. The molecule has 0 fully saturated rings. The van der Waals surface area contributed by atoms with Gasteiger partial charge in [0.1, 0.15) is 0 Å². The van der Waals surface area contributed by atoms with Crippen molar-refractivity contribution in [3.05, 3.63) is 0 Å². The molecule has 0 aromatic rings. The lowest BCUT2D eigenvalue weighted by atomic mass is 10.1. The SMILES string of the molecule is CCCCCCCCN(CCCCCCCC)CCNC(=O)CCP(=O)(CCC(=O)NCCN(CCCCCCCC)CCCCCCCC)CCC(=O)NCCN(CCCCCCCC)CCCCCCCC. The van der Waals surface area contributed by atoms with Gasteiger partial charge in [0.15, 0.2) is 0 Å². The third-order valence-corrected chi connectivity index (χ3v) is 18.6. The number of carbonyl (C=O) groups excluding carboxylic acids is 3. The van der Waals surface area contributed by atoms with E-state index in [-0.39, 0.29) is 55.5 Å². The van der Waals surface area contributed by atoms with Crippen LogP contribution in [0, 0.1) is 0 Å². The van der Waals surface area contributed by atoms with Crippen LogP contribution >= 0.6 is 7.14 Å². The Labute approximate surface area is 461 Å². The predicted octanol–water partition coefficient (Wildman–Crippen LogP) is 15.9. The van der Waals surface area contributed by atoms with E-state index >= 15 is 0 Å². The zero-order valence-electron chi connectivity index (χ0n) is 50.6. The van der Waals surface area contributed by atoms with E-state index in [1.54, 1.807) is 0 Å². The number of nitrogens with one attached hydrogen (secondary N) is 3. The van der Waals surface area contributed by atoms with Gasteiger partial charge in [-0.3, -0.25) is 14.4 Å². The first-order valence-corrected chi connectivity index (χ1v) is 35.0. The third-order valence-electron chi connectivity index (χ3n) is 15.5. The standard InChI is InChI=1S/C63H129N6O4P/c1-7-13-19-25-31-37-49-67(50-38-32-26-20-14-8-2)55-46-64-61(70)43-58-74(73,59-44-62(71)65-47-56-68(51-39-33-27-21-15-9-3)52-40-34-28-22-16-10-4)60-45-63(72)66-48-57-69(53-41-35-29-23-17-11-5)54-42-36-30-24-18-12-6/h7-60H2,1-6H3,(H,64,70)(H,65,71)(H,66,72). The minimum Gasteiger partial charge on any atom is -0.355 e. The molecule has 0 heterocycles. The number of amides is 3. The summed E-state index contributed by atoms with van der Waals surface area (Å²) in [5, 5.41) is 9.50. The maximum absolute atomic E-state index is 14.8. The minimum atomic E-state index is -3.01. The summed E-state index contributed by atoms with van der Waals surface area (Å²) in [5.74, 6) is -0.237. The zero-order valence-corrected chi connectivity index (χ0v) is 51.5. The van der Waals surface area contributed by atoms with E-state index in [1.165, 1.54) is 231 Å². The van der Waals surface area contributed by atoms with Crippen LogP contribution < -0.4 is 16.0 Å². The molecule has 440 valence electrons. The fraction of sp³-hybridized carbons (Fsp3) is 0.952. The Morgan fingerprint density at radius 1 is 0.270 bits per heavy atom. The summed E-state index contributed by atoms with van der Waals surface area (Å²) in [4.78, 5) is 47.9. The molecule has 0 aliphatic heterocycles. The average Bonchev–Trinajstić information content (AvgIpc) is 3.39. The first-order valence-electron chi connectivity index (χ1n) is 32.7. The highest BCUT2D eigenvalue weighted by atomic mass is 31.2. The molecule has 0 aliphatic carbocycles. The molecule has 0 atom stereocenters. The second-order valence-electron chi connectivity index (χ2n) is 22.7. The van der Waals surface area contributed by atoms with Crippen molar-refractivity contribution in [2.45, 2.75) is 292 Å². The van der Waals surface area contributed by atoms with Gasteiger partial charge in [-0.15, -0.1) is 0 Å². The molecule has 0 aromatic heterocycles. The van der Waals surface area contributed by atoms with Crippen LogP contribution in [0.3, 0.4) is 0 Å². The Morgan fingerprint density at radius 3 is 0.635 bits per heavy atom. The van der Waals surface area contributed by atoms with Crippen molar-refractivity contribution in [1.82, 2.24) is 30.7 Å². The number of carbonyl (C=O) groups is 3. The molecule has 10 nitrogen and oxygen atoms in total. The summed E-state index contributed by atoms with van der Waals surface area (Å²) < 4.78 is 14.8. The Hall–Kier alpha value is -1.48. The number of rotatable bonds is 60. The summed E-state index contributed by atoms with van der Waals surface area (Å²) in [6, 6.07) is 0. The summed E-state index contributed by atoms with van der Waals surface area (Å²) >= 11 is 0. The lowest BCUT2D eigenvalue weighted by molar-refractivity contribution is -0.121. The molecule has 74 heavy (non-hydrogen) atoms. The van der Waals surface area contributed by atoms with Crippen LogP contribution in [0.2, 0.25) is 0 Å². The summed E-state index contributed by atoms with van der Waals surface area (Å²) in [7, 11) is -3.01. The number of nitrogens with zero attached hydrogens (tertiary/aromatic N) is 3. The molecule has 0 saturated carbocycles. The van der Waals surface area contributed by atoms with Crippen LogP contribution in [-0.4, -0.2) is 129 Å². The van der Waals surface area contributed by atoms with Crippen LogP contribution in [0.15, 0.2) is 0 Å². The minimum absolute atomic E-state index is 0.0788. The van der Waals surface area contributed by atoms with Crippen molar-refractivity contribution >= 4 is 24.9 Å². The van der Waals surface area contributed by atoms with Gasteiger partial charge in [-0.2, -0.15) is 0 Å². The lowest BCUT2D eigenvalue weighted by Gasteiger charge is -2.23. The normalized spacial score (nSPS) is 11.9. The number of hydrogen-bond acceptors (Lipinski definition) is 7. The van der Waals surface area contributed by atoms with Gasteiger partial charge < -0.3 is 35.2 Å². The largest absolute Gasteiger partial charge is 0.355 e. The fourth-order valence-corrected chi connectivity index (χ4v) is 12.8. The molecule has 0 rings (SSSR count). The highest BCUT2D eigenvalue weighted by molar-refractivity contribution is 7.64. The summed E-state index contributed by atoms with van der Waals surface area (Å²) in [6.07, 6.45) is 47.1. The van der Waals surface area contributed by atoms with Gasteiger partial charge in [-0.25, -0.2) is 0 Å². The summed E-state index contributed by atoms with van der Waals surface area (Å²) in [5.41, 5.74) is 0. The Morgan fingerprint density at radius 2 is 0.446 bits per heavy atom. The highest BCUT2D eigenvalue weighted by Gasteiger charge is 2.26. The Bertz CT molecular complexity index is 1080. The van der Waals surface area contributed by atoms with Crippen molar-refractivity contribution in [3.63, 3.8) is 0 Å². The van der Waals surface area contributed by atoms with Crippen molar-refractivity contribution < 1.29 is 18.9 Å². The van der Waals surface area contributed by atoms with Crippen LogP contribution in [0.4, 0.5) is 0 Å². The second kappa shape index (κ2) is 56.2. The zero-order chi connectivity index (χ0) is 54.3. The molecule has 0 saturated heterocycles. The van der Waals surface area contributed by atoms with Gasteiger partial charge in [0.05, 0.1) is 7.14 Å². The van der Waals surface area contributed by atoms with Crippen molar-refractivity contribution in [2.24, 2.45) is 0 Å². The summed E-state index contributed by atoms with van der Waals surface area (Å²) in [6.45, 7) is 24.3. The van der Waals surface area contributed by atoms with Gasteiger partial charge in [-0.1, -0.05) is 234 Å². The van der Waals surface area contributed by atoms with Crippen molar-refractivity contribution in [3.8, 4) is 0 Å². The molecule has 0 aromatic carbocycles. The molecular formula is C63H129N6O4P. The first kappa shape index (κ1) is 72.5. The first-order chi connectivity index (χ1) is 36.2. The molecule has 3 amide bonds. The monoisotopic (exact) mass is 1060 g/mol. The number of unbranched alkanes of at least 4 members (excludes halogenated alkanes) is 30. The van der Waals surface area contributed by atoms with E-state index in [4.69, 9.17) is 0 Å². The molecule has 0 aliphatic rings. The van der Waals surface area contributed by atoms with Gasteiger partial charge in [0, 0.05) is 77.0 Å². The quantitative estimate of drug-likeness (QED) is 0.0411. The van der Waals surface area contributed by atoms with Gasteiger partial charge in [0.2, 0.25) is 17.7 Å². The third kappa shape index (κ3) is 50.1. The van der Waals surface area contributed by atoms with Gasteiger partial charge in [0.25, 0.3) is 0 Å². The molecule has 0 spiro atoms. The molecule has 0 bridgehead atoms. The highest BCUT2D eigenvalue weighted by Crippen LogP contribution is 2.47. The van der Waals surface area contributed by atoms with E-state index in [1.807, 2.05) is 0 Å². The predicted molar refractivity (Wildman–Crippen MR) is 325 cm³/mol. The van der Waals surface area contributed by atoms with E-state index in [0.717, 1.165) is 58.9 Å². The van der Waals surface area contributed by atoms with E-state index in [0.29, 0.717) is 19.6 Å². The van der Waals surface area contributed by atoms with E-state index in [9.17, 15) is 18.9 Å². The fourth-order valence-electron chi connectivity index (χ4n) is 10.3. The lowest BCUT2D eigenvalue weighted by Crippen LogP contribution is -2.37. The Balaban J connectivity index is 5.62. The molecule has 3 N–H and O–H groups in total. The van der Waals surface area contributed by atoms with Crippen molar-refractivity contribution in [2.75, 3.05) is 97.0 Å². The smallest absolute Gasteiger partial charge is 0.220 e. The molecule has 11 heteroatoms. The molecular weight excluding hydrogens is 936 g/mol. The van der Waals surface area contributed by atoms with E-state index < -0.39 is 7.14 Å². The van der Waals surface area contributed by atoms with Crippen LogP contribution in [0.5, 0.6) is 0 Å². The maximum atomic E-state index is 14.8. The topological polar surface area (TPSA) is 114 Å². The van der Waals surface area contributed by atoms with Crippen LogP contribution in [0.1, 0.15) is 292 Å². The number of hydrogen-bond donors (Lipinski definition) is 3. The second-order valence-corrected chi connectivity index (χ2v) is 26.1. The van der Waals surface area contributed by atoms with Crippen LogP contribution in [-0.2, 0) is 18.9 Å². The Kier molecular flexibility index (Phi) is 55.1.